The van der Waals surface area contributed by atoms with E-state index in [1.807, 2.05) is 30.3 Å². The van der Waals surface area contributed by atoms with Crippen LogP contribution in [0.4, 0.5) is 11.4 Å². The van der Waals surface area contributed by atoms with Gasteiger partial charge in [0.25, 0.3) is 11.8 Å². The topological polar surface area (TPSA) is 144 Å². The summed E-state index contributed by atoms with van der Waals surface area (Å²) in [4.78, 5) is 50.7. The van der Waals surface area contributed by atoms with Gasteiger partial charge in [0.15, 0.2) is 0 Å². The van der Waals surface area contributed by atoms with Gasteiger partial charge in [-0.2, -0.15) is 0 Å². The van der Waals surface area contributed by atoms with Crippen LogP contribution >= 0.6 is 11.8 Å². The Labute approximate surface area is 263 Å². The van der Waals surface area contributed by atoms with Gasteiger partial charge < -0.3 is 26.1 Å². The fourth-order valence-electron chi connectivity index (χ4n) is 4.17. The third-order valence-electron chi connectivity index (χ3n) is 6.44. The molecule has 224 valence electrons. The van der Waals surface area contributed by atoms with E-state index in [4.69, 9.17) is 10.2 Å². The smallest absolute Gasteiger partial charge is 0.272 e. The van der Waals surface area contributed by atoms with Gasteiger partial charge in [-0.25, -0.2) is 0 Å². The quantitative estimate of drug-likeness (QED) is 0.103. The third-order valence-corrected chi connectivity index (χ3v) is 7.45. The minimum atomic E-state index is -0.543. The molecular formula is C35H28N4O5S. The molecule has 10 heteroatoms. The number of hydrogen-bond donors (Lipinski definition) is 4. The van der Waals surface area contributed by atoms with Gasteiger partial charge >= 0.3 is 0 Å². The van der Waals surface area contributed by atoms with E-state index in [2.05, 4.69) is 16.0 Å². The first-order valence-electron chi connectivity index (χ1n) is 13.8. The SMILES string of the molecule is NC(=O)c1ccc(NC(=O)CSc2ccc(NC(=O)/C(=C\c3ccc(-c4ccccc4)o3)NC(=O)c3ccccc3)cc2)cc1. The number of furan rings is 1. The Kier molecular flexibility index (Phi) is 9.88. The number of nitrogens with one attached hydrogen (secondary N) is 3. The summed E-state index contributed by atoms with van der Waals surface area (Å²) < 4.78 is 5.94. The molecule has 0 fully saturated rings. The second-order valence-corrected chi connectivity index (χ2v) is 10.8. The second kappa shape index (κ2) is 14.5. The van der Waals surface area contributed by atoms with Crippen molar-refractivity contribution in [2.24, 2.45) is 5.73 Å². The monoisotopic (exact) mass is 616 g/mol. The minimum Gasteiger partial charge on any atom is -0.457 e. The van der Waals surface area contributed by atoms with Crippen LogP contribution in [0.1, 0.15) is 26.5 Å². The van der Waals surface area contributed by atoms with E-state index in [-0.39, 0.29) is 17.4 Å². The van der Waals surface area contributed by atoms with Gasteiger partial charge in [0, 0.05) is 39.0 Å². The molecular weight excluding hydrogens is 588 g/mol. The summed E-state index contributed by atoms with van der Waals surface area (Å²) in [6.07, 6.45) is 1.48. The number of hydrogen-bond acceptors (Lipinski definition) is 6. The van der Waals surface area contributed by atoms with E-state index in [1.165, 1.54) is 17.8 Å². The molecule has 4 aromatic carbocycles. The normalized spacial score (nSPS) is 11.0. The average molecular weight is 617 g/mol. The van der Waals surface area contributed by atoms with E-state index < -0.39 is 17.7 Å². The van der Waals surface area contributed by atoms with Gasteiger partial charge in [0.1, 0.15) is 17.2 Å². The van der Waals surface area contributed by atoms with Crippen LogP contribution in [0.2, 0.25) is 0 Å². The molecule has 5 rings (SSSR count). The highest BCUT2D eigenvalue weighted by Gasteiger charge is 2.16. The van der Waals surface area contributed by atoms with Crippen LogP contribution in [0, 0.1) is 0 Å². The largest absolute Gasteiger partial charge is 0.457 e. The van der Waals surface area contributed by atoms with Crippen molar-refractivity contribution < 1.29 is 23.6 Å². The zero-order valence-corrected chi connectivity index (χ0v) is 24.7. The standard InChI is InChI=1S/C35H28N4O5S/c36-33(41)24-11-13-26(14-12-24)37-32(40)22-45-29-18-15-27(16-19-29)38-35(43)30(39-34(42)25-9-5-2-6-10-25)21-28-17-20-31(44-28)23-7-3-1-4-8-23/h1-21H,22H2,(H2,36,41)(H,37,40)(H,38,43)(H,39,42)/b30-21+. The lowest BCUT2D eigenvalue weighted by atomic mass is 10.2. The molecule has 0 spiro atoms. The molecule has 4 amide bonds. The minimum absolute atomic E-state index is 0.00296. The van der Waals surface area contributed by atoms with Crippen molar-refractivity contribution in [3.8, 4) is 11.3 Å². The summed E-state index contributed by atoms with van der Waals surface area (Å²) in [5.74, 6) is -0.584. The number of nitrogens with two attached hydrogens (primary N) is 1. The van der Waals surface area contributed by atoms with Gasteiger partial charge in [0.05, 0.1) is 5.75 Å². The highest BCUT2D eigenvalue weighted by atomic mass is 32.2. The molecule has 5 aromatic rings. The summed E-state index contributed by atoms with van der Waals surface area (Å²) in [6.45, 7) is 0. The molecule has 0 saturated carbocycles. The van der Waals surface area contributed by atoms with Gasteiger partial charge in [-0.3, -0.25) is 19.2 Å². The third kappa shape index (κ3) is 8.59. The maximum Gasteiger partial charge on any atom is 0.272 e. The molecule has 0 aliphatic carbocycles. The lowest BCUT2D eigenvalue weighted by Crippen LogP contribution is -2.30. The van der Waals surface area contributed by atoms with E-state index in [1.54, 1.807) is 91.0 Å². The summed E-state index contributed by atoms with van der Waals surface area (Å²) >= 11 is 1.32. The Balaban J connectivity index is 1.24. The summed E-state index contributed by atoms with van der Waals surface area (Å²) in [7, 11) is 0. The zero-order chi connectivity index (χ0) is 31.6. The van der Waals surface area contributed by atoms with Gasteiger partial charge in [-0.15, -0.1) is 11.8 Å². The number of amides is 4. The Morgan fingerprint density at radius 1 is 0.689 bits per heavy atom. The Morgan fingerprint density at radius 3 is 1.98 bits per heavy atom. The maximum atomic E-state index is 13.4. The van der Waals surface area contributed by atoms with Crippen LogP contribution in [0.5, 0.6) is 0 Å². The lowest BCUT2D eigenvalue weighted by Gasteiger charge is -2.11. The van der Waals surface area contributed by atoms with Crippen molar-refractivity contribution in [3.63, 3.8) is 0 Å². The van der Waals surface area contributed by atoms with Crippen LogP contribution in [0.3, 0.4) is 0 Å². The molecule has 0 radical (unpaired) electrons. The van der Waals surface area contributed by atoms with Crippen molar-refractivity contribution in [1.82, 2.24) is 5.32 Å². The molecule has 0 aliphatic rings. The maximum absolute atomic E-state index is 13.4. The number of carbonyl (C=O) groups excluding carboxylic acids is 4. The molecule has 1 aromatic heterocycles. The fraction of sp³-hybridized carbons (Fsp3) is 0.0286. The van der Waals surface area contributed by atoms with Crippen LogP contribution in [-0.4, -0.2) is 29.4 Å². The molecule has 9 nitrogen and oxygen atoms in total. The van der Waals surface area contributed by atoms with E-state index in [0.717, 1.165) is 10.5 Å². The lowest BCUT2D eigenvalue weighted by molar-refractivity contribution is -0.114. The van der Waals surface area contributed by atoms with Crippen molar-refractivity contribution >= 4 is 52.8 Å². The second-order valence-electron chi connectivity index (χ2n) is 9.70. The Bertz CT molecular complexity index is 1840. The van der Waals surface area contributed by atoms with Crippen LogP contribution in [0.25, 0.3) is 17.4 Å². The highest BCUT2D eigenvalue weighted by Crippen LogP contribution is 2.24. The van der Waals surface area contributed by atoms with E-state index >= 15 is 0 Å². The van der Waals surface area contributed by atoms with Crippen LogP contribution < -0.4 is 21.7 Å². The number of primary amides is 1. The average Bonchev–Trinajstić information content (AvgIpc) is 3.54. The first-order valence-corrected chi connectivity index (χ1v) is 14.8. The first-order chi connectivity index (χ1) is 21.8. The molecule has 0 bridgehead atoms. The number of anilines is 2. The molecule has 0 atom stereocenters. The summed E-state index contributed by atoms with van der Waals surface area (Å²) in [5.41, 5.74) is 7.92. The van der Waals surface area contributed by atoms with E-state index in [0.29, 0.717) is 34.0 Å². The predicted octanol–water partition coefficient (Wildman–Crippen LogP) is 6.19. The first kappa shape index (κ1) is 30.6. The summed E-state index contributed by atoms with van der Waals surface area (Å²) in [5, 5.41) is 8.28. The summed E-state index contributed by atoms with van der Waals surface area (Å²) in [6, 6.07) is 34.9. The molecule has 0 aliphatic heterocycles. The number of benzene rings is 4. The Morgan fingerprint density at radius 2 is 1.31 bits per heavy atom. The predicted molar refractivity (Wildman–Crippen MR) is 175 cm³/mol. The fourth-order valence-corrected chi connectivity index (χ4v) is 4.87. The molecule has 0 unspecified atom stereocenters. The van der Waals surface area contributed by atoms with Gasteiger partial charge in [0.2, 0.25) is 11.8 Å². The van der Waals surface area contributed by atoms with Crippen molar-refractivity contribution in [1.29, 1.82) is 0 Å². The van der Waals surface area contributed by atoms with Crippen LogP contribution in [-0.2, 0) is 9.59 Å². The molecule has 0 saturated heterocycles. The molecule has 5 N–H and O–H groups in total. The Hall–Kier alpha value is -5.87. The van der Waals surface area contributed by atoms with Gasteiger partial charge in [-0.05, 0) is 72.8 Å². The number of thioether (sulfide) groups is 1. The van der Waals surface area contributed by atoms with Crippen LogP contribution in [0.15, 0.2) is 136 Å². The molecule has 45 heavy (non-hydrogen) atoms. The van der Waals surface area contributed by atoms with Crippen molar-refractivity contribution in [2.45, 2.75) is 4.90 Å². The van der Waals surface area contributed by atoms with Gasteiger partial charge in [-0.1, -0.05) is 48.5 Å². The van der Waals surface area contributed by atoms with Crippen molar-refractivity contribution in [3.05, 3.63) is 144 Å². The van der Waals surface area contributed by atoms with E-state index in [9.17, 15) is 19.2 Å². The highest BCUT2D eigenvalue weighted by molar-refractivity contribution is 8.00. The number of carbonyl (C=O) groups is 4. The van der Waals surface area contributed by atoms with Crippen molar-refractivity contribution in [2.75, 3.05) is 16.4 Å². The molecule has 1 heterocycles. The zero-order valence-electron chi connectivity index (χ0n) is 23.9. The number of rotatable bonds is 11.